The Balaban J connectivity index is 1.52. The topological polar surface area (TPSA) is 55.8 Å². The lowest BCUT2D eigenvalue weighted by atomic mass is 10.1. The highest BCUT2D eigenvalue weighted by molar-refractivity contribution is 7.99. The Kier molecular flexibility index (Phi) is 5.00. The van der Waals surface area contributed by atoms with Gasteiger partial charge in [0.15, 0.2) is 23.1 Å². The number of halogens is 2. The first-order valence-corrected chi connectivity index (χ1v) is 10.9. The Morgan fingerprint density at radius 3 is 2.63 bits per heavy atom. The van der Waals surface area contributed by atoms with E-state index in [1.54, 1.807) is 11.8 Å². The average molecular weight is 413 g/mol. The number of nitrogens with zero attached hydrogens (tertiary/aromatic N) is 1. The second-order valence-electron chi connectivity index (χ2n) is 6.24. The predicted octanol–water partition coefficient (Wildman–Crippen LogP) is 3.56. The maximum atomic E-state index is 13.5. The van der Waals surface area contributed by atoms with Crippen LogP contribution in [0.1, 0.15) is 17.2 Å². The van der Waals surface area contributed by atoms with Crippen LogP contribution in [-0.2, 0) is 10.0 Å². The first-order chi connectivity index (χ1) is 12.9. The van der Waals surface area contributed by atoms with E-state index in [0.717, 1.165) is 23.8 Å². The van der Waals surface area contributed by atoms with Crippen LogP contribution in [0.4, 0.5) is 8.78 Å². The first kappa shape index (κ1) is 18.5. The molecule has 0 bridgehead atoms. The van der Waals surface area contributed by atoms with Crippen molar-refractivity contribution in [1.82, 2.24) is 4.31 Å². The molecule has 0 saturated carbocycles. The summed E-state index contributed by atoms with van der Waals surface area (Å²) in [5, 5.41) is 0.115. The van der Waals surface area contributed by atoms with Crippen LogP contribution in [0.25, 0.3) is 0 Å². The van der Waals surface area contributed by atoms with Crippen LogP contribution in [-0.4, -0.2) is 38.4 Å². The fraction of sp³-hybridized carbons (Fsp3) is 0.333. The molecule has 2 aromatic rings. The molecule has 9 heteroatoms. The molecule has 1 fully saturated rings. The van der Waals surface area contributed by atoms with E-state index in [2.05, 4.69) is 0 Å². The monoisotopic (exact) mass is 413 g/mol. The van der Waals surface area contributed by atoms with Crippen molar-refractivity contribution >= 4 is 21.8 Å². The van der Waals surface area contributed by atoms with E-state index in [4.69, 9.17) is 9.47 Å². The van der Waals surface area contributed by atoms with Crippen molar-refractivity contribution in [2.45, 2.75) is 16.6 Å². The van der Waals surface area contributed by atoms with Gasteiger partial charge in [-0.1, -0.05) is 6.07 Å². The summed E-state index contributed by atoms with van der Waals surface area (Å²) in [6.45, 7) is 0.817. The lowest BCUT2D eigenvalue weighted by Gasteiger charge is -2.20. The molecule has 2 aliphatic heterocycles. The van der Waals surface area contributed by atoms with Crippen molar-refractivity contribution < 1.29 is 26.7 Å². The average Bonchev–Trinajstić information content (AvgIpc) is 2.97. The highest BCUT2D eigenvalue weighted by atomic mass is 32.2. The number of hydrogen-bond acceptors (Lipinski definition) is 5. The third-order valence-corrected chi connectivity index (χ3v) is 7.82. The van der Waals surface area contributed by atoms with Gasteiger partial charge in [0.2, 0.25) is 16.8 Å². The molecule has 1 unspecified atom stereocenters. The molecular weight excluding hydrogens is 396 g/mol. The molecular formula is C18H17F2NO4S2. The molecule has 2 heterocycles. The van der Waals surface area contributed by atoms with E-state index in [1.165, 1.54) is 4.31 Å². The van der Waals surface area contributed by atoms with Crippen molar-refractivity contribution in [2.75, 3.05) is 25.6 Å². The predicted molar refractivity (Wildman–Crippen MR) is 97.5 cm³/mol. The summed E-state index contributed by atoms with van der Waals surface area (Å²) in [5.41, 5.74) is 1.05. The SMILES string of the molecule is O=S(=O)(c1ccc(F)c(F)c1)N1CCSC(c2ccc3c(c2)OCO3)CC1. The number of benzene rings is 2. The summed E-state index contributed by atoms with van der Waals surface area (Å²) in [5.74, 6) is -0.229. The lowest BCUT2D eigenvalue weighted by molar-refractivity contribution is 0.174. The Hall–Kier alpha value is -1.84. The second-order valence-corrected chi connectivity index (χ2v) is 9.49. The van der Waals surface area contributed by atoms with E-state index in [9.17, 15) is 17.2 Å². The minimum atomic E-state index is -3.87. The quantitative estimate of drug-likeness (QED) is 0.770. The van der Waals surface area contributed by atoms with Crippen LogP contribution in [0, 0.1) is 11.6 Å². The summed E-state index contributed by atoms with van der Waals surface area (Å²) >= 11 is 1.67. The number of fused-ring (bicyclic) bond motifs is 1. The van der Waals surface area contributed by atoms with Crippen molar-refractivity contribution in [3.8, 4) is 11.5 Å². The van der Waals surface area contributed by atoms with Crippen LogP contribution in [0.15, 0.2) is 41.3 Å². The highest BCUT2D eigenvalue weighted by Crippen LogP contribution is 2.40. The molecule has 0 amide bonds. The maximum absolute atomic E-state index is 13.5. The van der Waals surface area contributed by atoms with Crippen molar-refractivity contribution in [3.05, 3.63) is 53.6 Å². The summed E-state index contributed by atoms with van der Waals surface area (Å²) in [6.07, 6.45) is 0.604. The normalized spacial score (nSPS) is 20.4. The third kappa shape index (κ3) is 3.63. The van der Waals surface area contributed by atoms with Gasteiger partial charge in [-0.15, -0.1) is 0 Å². The standard InChI is InChI=1S/C18H17F2NO4S2/c19-14-3-2-13(10-15(14)20)27(22,23)21-6-5-18(26-8-7-21)12-1-4-16-17(9-12)25-11-24-16/h1-4,9-10,18H,5-8,11H2. The van der Waals surface area contributed by atoms with E-state index in [1.807, 2.05) is 18.2 Å². The molecule has 0 N–H and O–H groups in total. The largest absolute Gasteiger partial charge is 0.454 e. The van der Waals surface area contributed by atoms with Gasteiger partial charge in [-0.25, -0.2) is 17.2 Å². The molecule has 0 spiro atoms. The molecule has 5 nitrogen and oxygen atoms in total. The van der Waals surface area contributed by atoms with E-state index in [0.29, 0.717) is 36.8 Å². The zero-order valence-electron chi connectivity index (χ0n) is 14.2. The molecule has 1 saturated heterocycles. The number of hydrogen-bond donors (Lipinski definition) is 0. The number of sulfonamides is 1. The summed E-state index contributed by atoms with van der Waals surface area (Å²) in [7, 11) is -3.87. The van der Waals surface area contributed by atoms with E-state index >= 15 is 0 Å². The van der Waals surface area contributed by atoms with Gasteiger partial charge in [-0.3, -0.25) is 0 Å². The number of rotatable bonds is 3. The van der Waals surface area contributed by atoms with Gasteiger partial charge >= 0.3 is 0 Å². The van der Waals surface area contributed by atoms with Crippen molar-refractivity contribution in [3.63, 3.8) is 0 Å². The third-order valence-electron chi connectivity index (χ3n) is 4.60. The van der Waals surface area contributed by atoms with Gasteiger partial charge in [0.1, 0.15) is 0 Å². The number of ether oxygens (including phenoxy) is 2. The summed E-state index contributed by atoms with van der Waals surface area (Å²) < 4.78 is 64.2. The summed E-state index contributed by atoms with van der Waals surface area (Å²) in [6, 6.07) is 8.42. The van der Waals surface area contributed by atoms with E-state index in [-0.39, 0.29) is 16.9 Å². The van der Waals surface area contributed by atoms with Gasteiger partial charge in [-0.05, 0) is 42.3 Å². The van der Waals surface area contributed by atoms with Crippen molar-refractivity contribution in [2.24, 2.45) is 0 Å². The molecule has 0 radical (unpaired) electrons. The van der Waals surface area contributed by atoms with Gasteiger partial charge in [0.05, 0.1) is 4.90 Å². The number of thioether (sulfide) groups is 1. The van der Waals surface area contributed by atoms with Crippen LogP contribution in [0.2, 0.25) is 0 Å². The van der Waals surface area contributed by atoms with Gasteiger partial charge in [0.25, 0.3) is 0 Å². The molecule has 2 aliphatic rings. The van der Waals surface area contributed by atoms with E-state index < -0.39 is 21.7 Å². The van der Waals surface area contributed by atoms with Crippen molar-refractivity contribution in [1.29, 1.82) is 0 Å². The smallest absolute Gasteiger partial charge is 0.243 e. The Morgan fingerprint density at radius 1 is 1.00 bits per heavy atom. The molecule has 1 atom stereocenters. The lowest BCUT2D eigenvalue weighted by Crippen LogP contribution is -2.33. The summed E-state index contributed by atoms with van der Waals surface area (Å²) in [4.78, 5) is -0.229. The van der Waals surface area contributed by atoms with Gasteiger partial charge < -0.3 is 9.47 Å². The van der Waals surface area contributed by atoms with Gasteiger partial charge in [-0.2, -0.15) is 16.1 Å². The first-order valence-electron chi connectivity index (χ1n) is 8.41. The highest BCUT2D eigenvalue weighted by Gasteiger charge is 2.29. The molecule has 0 aromatic heterocycles. The Bertz CT molecular complexity index is 968. The second kappa shape index (κ2) is 7.29. The van der Waals surface area contributed by atoms with Crippen LogP contribution >= 0.6 is 11.8 Å². The van der Waals surface area contributed by atoms with Crippen LogP contribution in [0.5, 0.6) is 11.5 Å². The molecule has 4 rings (SSSR count). The molecule has 2 aromatic carbocycles. The zero-order valence-corrected chi connectivity index (χ0v) is 15.9. The molecule has 144 valence electrons. The van der Waals surface area contributed by atoms with Crippen LogP contribution < -0.4 is 9.47 Å². The maximum Gasteiger partial charge on any atom is 0.243 e. The Morgan fingerprint density at radius 2 is 1.81 bits per heavy atom. The molecule has 0 aliphatic carbocycles. The fourth-order valence-corrected chi connectivity index (χ4v) is 5.96. The minimum absolute atomic E-state index is 0.115. The molecule has 27 heavy (non-hydrogen) atoms. The Labute approximate surface area is 160 Å². The fourth-order valence-electron chi connectivity index (χ4n) is 3.16. The van der Waals surface area contributed by atoms with Gasteiger partial charge in [0, 0.05) is 24.1 Å². The van der Waals surface area contributed by atoms with Crippen LogP contribution in [0.3, 0.4) is 0 Å². The zero-order chi connectivity index (χ0) is 19.0. The minimum Gasteiger partial charge on any atom is -0.454 e.